The Balaban J connectivity index is 2.54. The summed E-state index contributed by atoms with van der Waals surface area (Å²) in [4.78, 5) is 4.26. The minimum Gasteiger partial charge on any atom is -0.376 e. The summed E-state index contributed by atoms with van der Waals surface area (Å²) in [5.74, 6) is 0. The Bertz CT molecular complexity index is 199. The molecule has 0 amide bonds. The first-order valence-electron chi connectivity index (χ1n) is 4.66. The van der Waals surface area contributed by atoms with E-state index < -0.39 is 0 Å². The zero-order valence-corrected chi connectivity index (χ0v) is 9.52. The number of thiocarbonyl (C=S) groups is 1. The van der Waals surface area contributed by atoms with Crippen LogP contribution in [0.3, 0.4) is 0 Å². The van der Waals surface area contributed by atoms with Crippen molar-refractivity contribution in [2.45, 2.75) is 24.8 Å². The second kappa shape index (κ2) is 3.80. The molecule has 1 aliphatic carbocycles. The zero-order chi connectivity index (χ0) is 10.1. The van der Waals surface area contributed by atoms with Crippen LogP contribution in [0.5, 0.6) is 0 Å². The predicted molar refractivity (Wildman–Crippen MR) is 59.7 cm³/mol. The van der Waals surface area contributed by atoms with Crippen LogP contribution in [-0.4, -0.2) is 48.1 Å². The van der Waals surface area contributed by atoms with E-state index in [1.54, 1.807) is 0 Å². The zero-order valence-electron chi connectivity index (χ0n) is 8.71. The maximum absolute atomic E-state index is 5.56. The van der Waals surface area contributed by atoms with Gasteiger partial charge in [0, 0.05) is 19.1 Å². The van der Waals surface area contributed by atoms with Crippen LogP contribution in [0.4, 0.5) is 0 Å². The van der Waals surface area contributed by atoms with Crippen molar-refractivity contribution in [1.29, 1.82) is 0 Å². The number of likely N-dealkylation sites (N-methyl/N-ethyl adjacent to an activating group) is 2. The Morgan fingerprint density at radius 2 is 1.92 bits per heavy atom. The van der Waals surface area contributed by atoms with Crippen molar-refractivity contribution in [3.63, 3.8) is 0 Å². The highest BCUT2D eigenvalue weighted by Gasteiger charge is 2.39. The minimum absolute atomic E-state index is 0.318. The van der Waals surface area contributed by atoms with Gasteiger partial charge in [-0.25, -0.2) is 0 Å². The molecule has 0 radical (unpaired) electrons. The first kappa shape index (κ1) is 10.7. The lowest BCUT2D eigenvalue weighted by Gasteiger charge is -2.49. The SMILES string of the molecule is CN(CC1(N(C)C)CCC1)C(N)=S. The summed E-state index contributed by atoms with van der Waals surface area (Å²) in [7, 11) is 6.23. The average molecular weight is 201 g/mol. The van der Waals surface area contributed by atoms with E-state index in [9.17, 15) is 0 Å². The maximum atomic E-state index is 5.56. The Labute approximate surface area is 85.9 Å². The molecule has 0 atom stereocenters. The fourth-order valence-corrected chi connectivity index (χ4v) is 1.92. The van der Waals surface area contributed by atoms with Crippen LogP contribution in [-0.2, 0) is 0 Å². The quantitative estimate of drug-likeness (QED) is 0.680. The van der Waals surface area contributed by atoms with Gasteiger partial charge in [-0.3, -0.25) is 0 Å². The van der Waals surface area contributed by atoms with Gasteiger partial charge in [0.1, 0.15) is 0 Å². The molecule has 1 rings (SSSR count). The van der Waals surface area contributed by atoms with Crippen LogP contribution in [0, 0.1) is 0 Å². The van der Waals surface area contributed by atoms with Crippen LogP contribution >= 0.6 is 12.2 Å². The smallest absolute Gasteiger partial charge is 0.166 e. The molecule has 0 aliphatic heterocycles. The first-order valence-corrected chi connectivity index (χ1v) is 5.07. The number of nitrogens with zero attached hydrogens (tertiary/aromatic N) is 2. The molecule has 0 spiro atoms. The third kappa shape index (κ3) is 2.11. The molecule has 3 nitrogen and oxygen atoms in total. The van der Waals surface area contributed by atoms with Crippen molar-refractivity contribution in [2.75, 3.05) is 27.7 Å². The molecule has 0 saturated heterocycles. The molecule has 0 aromatic rings. The second-order valence-electron chi connectivity index (χ2n) is 4.17. The summed E-state index contributed by atoms with van der Waals surface area (Å²) < 4.78 is 0. The van der Waals surface area contributed by atoms with Crippen molar-refractivity contribution in [3.05, 3.63) is 0 Å². The van der Waals surface area contributed by atoms with E-state index in [1.807, 2.05) is 11.9 Å². The maximum Gasteiger partial charge on any atom is 0.166 e. The fraction of sp³-hybridized carbons (Fsp3) is 0.889. The number of hydrogen-bond acceptors (Lipinski definition) is 2. The van der Waals surface area contributed by atoms with Crippen molar-refractivity contribution in [1.82, 2.24) is 9.80 Å². The highest BCUT2D eigenvalue weighted by atomic mass is 32.1. The van der Waals surface area contributed by atoms with Crippen molar-refractivity contribution >= 4 is 17.3 Å². The molecule has 4 heteroatoms. The van der Waals surface area contributed by atoms with Crippen LogP contribution in [0.1, 0.15) is 19.3 Å². The van der Waals surface area contributed by atoms with E-state index in [-0.39, 0.29) is 0 Å². The molecule has 1 fully saturated rings. The van der Waals surface area contributed by atoms with E-state index in [0.717, 1.165) is 6.54 Å². The van der Waals surface area contributed by atoms with Gasteiger partial charge in [0.15, 0.2) is 5.11 Å². The van der Waals surface area contributed by atoms with E-state index >= 15 is 0 Å². The van der Waals surface area contributed by atoms with Gasteiger partial charge >= 0.3 is 0 Å². The van der Waals surface area contributed by atoms with Gasteiger partial charge in [-0.2, -0.15) is 0 Å². The van der Waals surface area contributed by atoms with Crippen molar-refractivity contribution in [3.8, 4) is 0 Å². The summed E-state index contributed by atoms with van der Waals surface area (Å²) in [6.07, 6.45) is 3.84. The summed E-state index contributed by atoms with van der Waals surface area (Å²) in [5.41, 5.74) is 5.88. The molecule has 0 aromatic heterocycles. The summed E-state index contributed by atoms with van der Waals surface area (Å²) in [6.45, 7) is 0.954. The predicted octanol–water partition coefficient (Wildman–Crippen LogP) is 0.646. The van der Waals surface area contributed by atoms with Gasteiger partial charge in [0.25, 0.3) is 0 Å². The van der Waals surface area contributed by atoms with Gasteiger partial charge in [0.05, 0.1) is 0 Å². The van der Waals surface area contributed by atoms with Gasteiger partial charge in [0.2, 0.25) is 0 Å². The number of hydrogen-bond donors (Lipinski definition) is 1. The summed E-state index contributed by atoms with van der Waals surface area (Å²) in [6, 6.07) is 0. The fourth-order valence-electron chi connectivity index (χ4n) is 1.85. The third-order valence-corrected chi connectivity index (χ3v) is 3.45. The Hall–Kier alpha value is -0.350. The van der Waals surface area contributed by atoms with Crippen LogP contribution in [0.15, 0.2) is 0 Å². The lowest BCUT2D eigenvalue weighted by Crippen LogP contribution is -2.58. The Morgan fingerprint density at radius 1 is 1.38 bits per heavy atom. The van der Waals surface area contributed by atoms with Crippen LogP contribution in [0.2, 0.25) is 0 Å². The van der Waals surface area contributed by atoms with Gasteiger partial charge < -0.3 is 15.5 Å². The Kier molecular flexibility index (Phi) is 3.14. The van der Waals surface area contributed by atoms with Crippen molar-refractivity contribution < 1.29 is 0 Å². The van der Waals surface area contributed by atoms with Crippen LogP contribution in [0.25, 0.3) is 0 Å². The first-order chi connectivity index (χ1) is 5.98. The lowest BCUT2D eigenvalue weighted by molar-refractivity contribution is 0.0433. The summed E-state index contributed by atoms with van der Waals surface area (Å²) in [5, 5.41) is 0.494. The molecule has 0 bridgehead atoms. The number of nitrogens with two attached hydrogens (primary N) is 1. The molecule has 1 saturated carbocycles. The molecule has 2 N–H and O–H groups in total. The van der Waals surface area contributed by atoms with E-state index in [1.165, 1.54) is 19.3 Å². The van der Waals surface area contributed by atoms with E-state index in [4.69, 9.17) is 18.0 Å². The highest BCUT2D eigenvalue weighted by Crippen LogP contribution is 2.36. The van der Waals surface area contributed by atoms with Gasteiger partial charge in [-0.15, -0.1) is 0 Å². The monoisotopic (exact) mass is 201 g/mol. The van der Waals surface area contributed by atoms with Gasteiger partial charge in [-0.05, 0) is 45.6 Å². The molecule has 1 aliphatic rings. The molecular formula is C9H19N3S. The molecule has 0 heterocycles. The second-order valence-corrected chi connectivity index (χ2v) is 4.58. The molecule has 13 heavy (non-hydrogen) atoms. The average Bonchev–Trinajstić information content (AvgIpc) is 1.95. The van der Waals surface area contributed by atoms with Crippen molar-refractivity contribution in [2.24, 2.45) is 5.73 Å². The lowest BCUT2D eigenvalue weighted by atomic mass is 9.75. The Morgan fingerprint density at radius 3 is 2.15 bits per heavy atom. The largest absolute Gasteiger partial charge is 0.376 e. The highest BCUT2D eigenvalue weighted by molar-refractivity contribution is 7.80. The molecule has 76 valence electrons. The van der Waals surface area contributed by atoms with Gasteiger partial charge in [-0.1, -0.05) is 0 Å². The molecule has 0 aromatic carbocycles. The number of rotatable bonds is 3. The minimum atomic E-state index is 0.318. The summed E-state index contributed by atoms with van der Waals surface area (Å²) >= 11 is 4.93. The standard InChI is InChI=1S/C9H19N3S/c1-11(2)9(5-4-6-9)7-12(3)8(10)13/h4-7H2,1-3H3,(H2,10,13). The topological polar surface area (TPSA) is 32.5 Å². The third-order valence-electron chi connectivity index (χ3n) is 3.14. The van der Waals surface area contributed by atoms with Crippen LogP contribution < -0.4 is 5.73 Å². The normalized spacial score (nSPS) is 19.7. The van der Waals surface area contributed by atoms with E-state index in [2.05, 4.69) is 19.0 Å². The molecule has 0 unspecified atom stereocenters. The molecular weight excluding hydrogens is 182 g/mol. The van der Waals surface area contributed by atoms with E-state index in [0.29, 0.717) is 10.7 Å².